The first-order valence-corrected chi connectivity index (χ1v) is 5.22. The monoisotopic (exact) mass is 244 g/mol. The van der Waals surface area contributed by atoms with Crippen molar-refractivity contribution in [3.05, 3.63) is 59.4 Å². The van der Waals surface area contributed by atoms with Crippen LogP contribution in [-0.4, -0.2) is 21.5 Å². The lowest BCUT2D eigenvalue weighted by molar-refractivity contribution is 0.0814. The van der Waals surface area contributed by atoms with Crippen LogP contribution >= 0.6 is 0 Å². The molecule has 0 radical (unpaired) electrons. The van der Waals surface area contributed by atoms with Crippen LogP contribution in [0.1, 0.15) is 26.7 Å². The van der Waals surface area contributed by atoms with E-state index in [9.17, 15) is 14.0 Å². The number of carbonyl (C=O) groups excluding carboxylic acids is 2. The number of aryl methyl sites for hydroxylation is 1. The third kappa shape index (κ3) is 2.45. The maximum Gasteiger partial charge on any atom is 0.251 e. The van der Waals surface area contributed by atoms with Crippen LogP contribution in [0.4, 0.5) is 4.39 Å². The maximum atomic E-state index is 12.7. The number of Topliss-reactive ketones (excluding diaryl/α,β-unsaturated/α-hetero) is 2. The standard InChI is InChI=1S/C13H9FN2O2/c1-8-15-7-6-11(16-8)13(18)12(17)9-2-4-10(14)5-3-9/h2-7H,1H3. The van der Waals surface area contributed by atoms with E-state index in [-0.39, 0.29) is 11.3 Å². The smallest absolute Gasteiger partial charge is 0.251 e. The lowest BCUT2D eigenvalue weighted by Crippen LogP contribution is -2.16. The number of hydrogen-bond donors (Lipinski definition) is 0. The van der Waals surface area contributed by atoms with Crippen LogP contribution in [0.5, 0.6) is 0 Å². The molecule has 0 bridgehead atoms. The molecule has 0 aliphatic rings. The second-order valence-electron chi connectivity index (χ2n) is 3.65. The number of carbonyl (C=O) groups is 2. The van der Waals surface area contributed by atoms with Crippen molar-refractivity contribution in [2.24, 2.45) is 0 Å². The fourth-order valence-electron chi connectivity index (χ4n) is 1.43. The van der Waals surface area contributed by atoms with Gasteiger partial charge in [0.1, 0.15) is 17.3 Å². The second kappa shape index (κ2) is 4.83. The molecule has 4 nitrogen and oxygen atoms in total. The van der Waals surface area contributed by atoms with Crippen molar-refractivity contribution in [3.8, 4) is 0 Å². The molecule has 0 N–H and O–H groups in total. The molecule has 1 aromatic heterocycles. The topological polar surface area (TPSA) is 59.9 Å². The predicted octanol–water partition coefficient (Wildman–Crippen LogP) is 1.99. The van der Waals surface area contributed by atoms with Gasteiger partial charge >= 0.3 is 0 Å². The predicted molar refractivity (Wildman–Crippen MR) is 61.8 cm³/mol. The summed E-state index contributed by atoms with van der Waals surface area (Å²) in [5, 5.41) is 0. The molecule has 0 spiro atoms. The van der Waals surface area contributed by atoms with Crippen molar-refractivity contribution in [1.82, 2.24) is 9.97 Å². The molecule has 90 valence electrons. The summed E-state index contributed by atoms with van der Waals surface area (Å²) in [7, 11) is 0. The molecule has 0 amide bonds. The summed E-state index contributed by atoms with van der Waals surface area (Å²) in [5.74, 6) is -1.50. The van der Waals surface area contributed by atoms with Gasteiger partial charge in [-0.2, -0.15) is 0 Å². The van der Waals surface area contributed by atoms with E-state index in [0.717, 1.165) is 12.1 Å². The first kappa shape index (κ1) is 12.0. The first-order valence-electron chi connectivity index (χ1n) is 5.22. The fourth-order valence-corrected chi connectivity index (χ4v) is 1.43. The molecule has 0 aliphatic heterocycles. The normalized spacial score (nSPS) is 10.1. The van der Waals surface area contributed by atoms with Gasteiger partial charge in [-0.15, -0.1) is 0 Å². The van der Waals surface area contributed by atoms with Crippen LogP contribution in [0.3, 0.4) is 0 Å². The summed E-state index contributed by atoms with van der Waals surface area (Å²) in [6.07, 6.45) is 1.41. The number of nitrogens with zero attached hydrogens (tertiary/aromatic N) is 2. The zero-order valence-electron chi connectivity index (χ0n) is 9.55. The van der Waals surface area contributed by atoms with E-state index in [1.165, 1.54) is 24.4 Å². The Balaban J connectivity index is 2.29. The Morgan fingerprint density at radius 2 is 1.72 bits per heavy atom. The van der Waals surface area contributed by atoms with Crippen molar-refractivity contribution in [3.63, 3.8) is 0 Å². The van der Waals surface area contributed by atoms with Crippen LogP contribution in [0.25, 0.3) is 0 Å². The molecule has 18 heavy (non-hydrogen) atoms. The van der Waals surface area contributed by atoms with E-state index < -0.39 is 17.4 Å². The molecule has 0 atom stereocenters. The van der Waals surface area contributed by atoms with Crippen LogP contribution < -0.4 is 0 Å². The highest BCUT2D eigenvalue weighted by Crippen LogP contribution is 2.07. The Kier molecular flexibility index (Phi) is 3.23. The third-order valence-electron chi connectivity index (χ3n) is 2.32. The average molecular weight is 244 g/mol. The second-order valence-corrected chi connectivity index (χ2v) is 3.65. The Morgan fingerprint density at radius 1 is 1.06 bits per heavy atom. The van der Waals surface area contributed by atoms with Gasteiger partial charge in [0.2, 0.25) is 5.78 Å². The van der Waals surface area contributed by atoms with Crippen molar-refractivity contribution in [1.29, 1.82) is 0 Å². The quantitative estimate of drug-likeness (QED) is 0.612. The zero-order valence-corrected chi connectivity index (χ0v) is 9.55. The van der Waals surface area contributed by atoms with E-state index in [4.69, 9.17) is 0 Å². The highest BCUT2D eigenvalue weighted by Gasteiger charge is 2.19. The molecule has 0 saturated heterocycles. The van der Waals surface area contributed by atoms with Gasteiger partial charge in [-0.05, 0) is 37.3 Å². The van der Waals surface area contributed by atoms with Gasteiger partial charge in [-0.1, -0.05) is 0 Å². The summed E-state index contributed by atoms with van der Waals surface area (Å²) in [4.78, 5) is 31.4. The number of benzene rings is 1. The van der Waals surface area contributed by atoms with E-state index in [1.807, 2.05) is 0 Å². The molecular weight excluding hydrogens is 235 g/mol. The molecule has 0 fully saturated rings. The van der Waals surface area contributed by atoms with Crippen LogP contribution in [-0.2, 0) is 0 Å². The van der Waals surface area contributed by atoms with Crippen molar-refractivity contribution in [2.75, 3.05) is 0 Å². The van der Waals surface area contributed by atoms with Gasteiger partial charge in [0.25, 0.3) is 5.78 Å². The molecule has 1 heterocycles. The summed E-state index contributed by atoms with van der Waals surface area (Å²) in [6, 6.07) is 6.17. The summed E-state index contributed by atoms with van der Waals surface area (Å²) < 4.78 is 12.7. The number of rotatable bonds is 3. The van der Waals surface area contributed by atoms with Gasteiger partial charge in [0.05, 0.1) is 0 Å². The third-order valence-corrected chi connectivity index (χ3v) is 2.32. The van der Waals surface area contributed by atoms with Crippen molar-refractivity contribution < 1.29 is 14.0 Å². The lowest BCUT2D eigenvalue weighted by Gasteiger charge is -2.00. The van der Waals surface area contributed by atoms with Crippen LogP contribution in [0.2, 0.25) is 0 Å². The molecule has 1 aromatic carbocycles. The highest BCUT2D eigenvalue weighted by molar-refractivity contribution is 6.48. The van der Waals surface area contributed by atoms with Crippen LogP contribution in [0, 0.1) is 12.7 Å². The molecule has 0 saturated carbocycles. The Morgan fingerprint density at radius 3 is 2.33 bits per heavy atom. The van der Waals surface area contributed by atoms with Crippen molar-refractivity contribution in [2.45, 2.75) is 6.92 Å². The van der Waals surface area contributed by atoms with E-state index in [0.29, 0.717) is 5.82 Å². The van der Waals surface area contributed by atoms with E-state index >= 15 is 0 Å². The van der Waals surface area contributed by atoms with Gasteiger partial charge in [-0.25, -0.2) is 14.4 Å². The lowest BCUT2D eigenvalue weighted by atomic mass is 10.1. The summed E-state index contributed by atoms with van der Waals surface area (Å²) in [5.41, 5.74) is 0.175. The Hall–Kier alpha value is -2.43. The molecule has 5 heteroatoms. The SMILES string of the molecule is Cc1nccc(C(=O)C(=O)c2ccc(F)cc2)n1. The zero-order chi connectivity index (χ0) is 13.1. The summed E-state index contributed by atoms with van der Waals surface area (Å²) >= 11 is 0. The number of ketones is 2. The molecule has 0 unspecified atom stereocenters. The minimum atomic E-state index is -0.730. The molecule has 2 rings (SSSR count). The number of hydrogen-bond acceptors (Lipinski definition) is 4. The largest absolute Gasteiger partial charge is 0.285 e. The van der Waals surface area contributed by atoms with Gasteiger partial charge in [0.15, 0.2) is 0 Å². The Labute approximate surface area is 103 Å². The van der Waals surface area contributed by atoms with Gasteiger partial charge < -0.3 is 0 Å². The minimum Gasteiger partial charge on any atom is -0.285 e. The highest BCUT2D eigenvalue weighted by atomic mass is 19.1. The average Bonchev–Trinajstić information content (AvgIpc) is 2.38. The minimum absolute atomic E-state index is 0.0387. The maximum absolute atomic E-state index is 12.7. The molecule has 0 aliphatic carbocycles. The molecular formula is C13H9FN2O2. The van der Waals surface area contributed by atoms with E-state index in [2.05, 4.69) is 9.97 Å². The number of halogens is 1. The number of aromatic nitrogens is 2. The van der Waals surface area contributed by atoms with Crippen LogP contribution in [0.15, 0.2) is 36.5 Å². The van der Waals surface area contributed by atoms with E-state index in [1.54, 1.807) is 6.92 Å². The summed E-state index contributed by atoms with van der Waals surface area (Å²) in [6.45, 7) is 1.62. The van der Waals surface area contributed by atoms with Crippen molar-refractivity contribution >= 4 is 11.6 Å². The fraction of sp³-hybridized carbons (Fsp3) is 0.0769. The molecule has 2 aromatic rings. The Bertz CT molecular complexity index is 609. The van der Waals surface area contributed by atoms with Gasteiger partial charge in [-0.3, -0.25) is 9.59 Å². The van der Waals surface area contributed by atoms with Gasteiger partial charge in [0, 0.05) is 11.8 Å². The first-order chi connectivity index (χ1) is 8.58.